The van der Waals surface area contributed by atoms with Crippen LogP contribution in [0, 0.1) is 17.6 Å². The minimum absolute atomic E-state index is 0.0521. The quantitative estimate of drug-likeness (QED) is 0.144. The van der Waals surface area contributed by atoms with Gasteiger partial charge in [0.15, 0.2) is 17.4 Å². The smallest absolute Gasteiger partial charge is 0.345 e. The summed E-state index contributed by atoms with van der Waals surface area (Å²) >= 11 is 0.973. The summed E-state index contributed by atoms with van der Waals surface area (Å²) in [5.74, 6) is -4.28. The number of ether oxygens (including phenoxy) is 2. The van der Waals surface area contributed by atoms with Crippen LogP contribution in [0.2, 0.25) is 0 Å². The molecule has 0 aliphatic heterocycles. The van der Waals surface area contributed by atoms with Gasteiger partial charge in [0.2, 0.25) is 0 Å². The first-order chi connectivity index (χ1) is 18.0. The fourth-order valence-corrected chi connectivity index (χ4v) is 4.98. The highest BCUT2D eigenvalue weighted by Crippen LogP contribution is 2.38. The molecule has 0 aromatic heterocycles. The van der Waals surface area contributed by atoms with Gasteiger partial charge in [-0.25, -0.2) is 13.6 Å². The first-order valence-electron chi connectivity index (χ1n) is 12.6. The Bertz CT molecular complexity index is 1190. The Morgan fingerprint density at radius 3 is 2.29 bits per heavy atom. The molecular formula is C29H33F2NO5S. The van der Waals surface area contributed by atoms with Crippen LogP contribution in [0.4, 0.5) is 14.5 Å². The molecule has 0 unspecified atom stereocenters. The Morgan fingerprint density at radius 1 is 1.03 bits per heavy atom. The van der Waals surface area contributed by atoms with E-state index in [1.165, 1.54) is 17.0 Å². The van der Waals surface area contributed by atoms with Gasteiger partial charge >= 0.3 is 11.9 Å². The summed E-state index contributed by atoms with van der Waals surface area (Å²) < 4.78 is 39.3. The van der Waals surface area contributed by atoms with Crippen LogP contribution in [-0.4, -0.2) is 36.5 Å². The van der Waals surface area contributed by atoms with Gasteiger partial charge in [0.05, 0.1) is 11.6 Å². The van der Waals surface area contributed by atoms with E-state index in [2.05, 4.69) is 0 Å². The van der Waals surface area contributed by atoms with Gasteiger partial charge in [0, 0.05) is 22.9 Å². The standard InChI is InChI=1S/C29H33F2NO5S/c1-5-36-23(33)17-32(21-14-7-6-8-15-21)27(38-18-20-13-10-16-22(30)25(20)31)24(26(34)19-11-9-12-19)28(35)37-29(2,3)4/h6-8,10,13-16,19H,5,9,11-12,17-18H2,1-4H3/b27-24+. The van der Waals surface area contributed by atoms with Gasteiger partial charge in [-0.2, -0.15) is 0 Å². The Kier molecular flexibility index (Phi) is 10.1. The SMILES string of the molecule is CCOC(=O)CN(/C(SCc1cccc(F)c1F)=C(\C(=O)OC(C)(C)C)C(=O)C1CCC1)c1ccccc1. The zero-order chi connectivity index (χ0) is 27.9. The number of para-hydroxylation sites is 1. The monoisotopic (exact) mass is 545 g/mol. The van der Waals surface area contributed by atoms with Crippen molar-refractivity contribution < 1.29 is 32.6 Å². The van der Waals surface area contributed by atoms with E-state index in [0.717, 1.165) is 24.2 Å². The van der Waals surface area contributed by atoms with E-state index < -0.39 is 35.0 Å². The number of carbonyl (C=O) groups is 3. The van der Waals surface area contributed by atoms with Gasteiger partial charge in [0.25, 0.3) is 0 Å². The van der Waals surface area contributed by atoms with Crippen molar-refractivity contribution >= 4 is 35.2 Å². The second kappa shape index (κ2) is 13.0. The highest BCUT2D eigenvalue weighted by atomic mass is 32.2. The van der Waals surface area contributed by atoms with Crippen molar-refractivity contribution in [2.75, 3.05) is 18.1 Å². The lowest BCUT2D eigenvalue weighted by molar-refractivity contribution is -0.151. The van der Waals surface area contributed by atoms with Crippen molar-refractivity contribution in [2.24, 2.45) is 5.92 Å². The van der Waals surface area contributed by atoms with Crippen LogP contribution in [0.25, 0.3) is 0 Å². The van der Waals surface area contributed by atoms with Gasteiger partial charge in [-0.3, -0.25) is 9.59 Å². The summed E-state index contributed by atoms with van der Waals surface area (Å²) in [6, 6.07) is 12.6. The molecule has 0 bridgehead atoms. The molecule has 0 radical (unpaired) electrons. The summed E-state index contributed by atoms with van der Waals surface area (Å²) in [7, 11) is 0. The Morgan fingerprint density at radius 2 is 1.71 bits per heavy atom. The number of benzene rings is 2. The maximum atomic E-state index is 14.6. The summed E-state index contributed by atoms with van der Waals surface area (Å²) in [6.07, 6.45) is 2.12. The van der Waals surface area contributed by atoms with Gasteiger partial charge in [-0.1, -0.05) is 36.8 Å². The fourth-order valence-electron chi connectivity index (χ4n) is 3.81. The molecule has 6 nitrogen and oxygen atoms in total. The third kappa shape index (κ3) is 7.66. The lowest BCUT2D eigenvalue weighted by Gasteiger charge is -2.31. The highest BCUT2D eigenvalue weighted by molar-refractivity contribution is 8.02. The second-order valence-corrected chi connectivity index (χ2v) is 10.9. The van der Waals surface area contributed by atoms with Crippen LogP contribution < -0.4 is 4.90 Å². The molecular weight excluding hydrogens is 512 g/mol. The lowest BCUT2D eigenvalue weighted by Crippen LogP contribution is -2.37. The van der Waals surface area contributed by atoms with Gasteiger partial charge in [-0.05, 0) is 58.7 Å². The van der Waals surface area contributed by atoms with Crippen LogP contribution in [0.5, 0.6) is 0 Å². The molecule has 0 saturated heterocycles. The third-order valence-electron chi connectivity index (χ3n) is 5.84. The molecule has 1 fully saturated rings. The molecule has 2 aromatic carbocycles. The predicted molar refractivity (Wildman–Crippen MR) is 143 cm³/mol. The van der Waals surface area contributed by atoms with E-state index in [1.807, 2.05) is 0 Å². The van der Waals surface area contributed by atoms with E-state index >= 15 is 0 Å². The first-order valence-corrected chi connectivity index (χ1v) is 13.6. The topological polar surface area (TPSA) is 72.9 Å². The van der Waals surface area contributed by atoms with Crippen molar-refractivity contribution in [3.05, 3.63) is 76.3 Å². The first kappa shape index (κ1) is 29.4. The van der Waals surface area contributed by atoms with Gasteiger partial charge < -0.3 is 14.4 Å². The molecule has 1 aliphatic rings. The van der Waals surface area contributed by atoms with Crippen molar-refractivity contribution in [1.82, 2.24) is 0 Å². The number of rotatable bonds is 11. The molecule has 0 N–H and O–H groups in total. The number of nitrogens with zero attached hydrogens (tertiary/aromatic N) is 1. The average molecular weight is 546 g/mol. The number of ketones is 1. The molecule has 1 aliphatic carbocycles. The van der Waals surface area contributed by atoms with E-state index in [0.29, 0.717) is 18.5 Å². The van der Waals surface area contributed by atoms with E-state index in [1.54, 1.807) is 58.0 Å². The molecule has 2 aromatic rings. The van der Waals surface area contributed by atoms with Crippen LogP contribution in [0.15, 0.2) is 59.1 Å². The number of anilines is 1. The molecule has 0 atom stereocenters. The van der Waals surface area contributed by atoms with Gasteiger partial charge in [-0.15, -0.1) is 11.8 Å². The number of hydrogen-bond donors (Lipinski definition) is 0. The Hall–Kier alpha value is -3.20. The molecule has 0 heterocycles. The fraction of sp³-hybridized carbons (Fsp3) is 0.414. The number of halogens is 2. The summed E-state index contributed by atoms with van der Waals surface area (Å²) in [6.45, 7) is 6.59. The maximum Gasteiger partial charge on any atom is 0.345 e. The van der Waals surface area contributed by atoms with Crippen molar-refractivity contribution in [1.29, 1.82) is 0 Å². The molecule has 0 spiro atoms. The van der Waals surface area contributed by atoms with Crippen LogP contribution in [0.1, 0.15) is 52.5 Å². The normalized spacial score (nSPS) is 14.3. The van der Waals surface area contributed by atoms with E-state index in [9.17, 15) is 23.2 Å². The number of thioether (sulfide) groups is 1. The van der Waals surface area contributed by atoms with E-state index in [-0.39, 0.29) is 41.0 Å². The zero-order valence-electron chi connectivity index (χ0n) is 22.1. The number of carbonyl (C=O) groups excluding carboxylic acids is 3. The molecule has 0 amide bonds. The average Bonchev–Trinajstić information content (AvgIpc) is 2.81. The van der Waals surface area contributed by atoms with Crippen LogP contribution in [-0.2, 0) is 29.6 Å². The van der Waals surface area contributed by atoms with E-state index in [4.69, 9.17) is 9.47 Å². The Labute approximate surface area is 226 Å². The van der Waals surface area contributed by atoms with Gasteiger partial charge in [0.1, 0.15) is 17.7 Å². The van der Waals surface area contributed by atoms with Crippen molar-refractivity contribution in [2.45, 2.75) is 58.3 Å². The molecule has 9 heteroatoms. The molecule has 38 heavy (non-hydrogen) atoms. The zero-order valence-corrected chi connectivity index (χ0v) is 22.9. The number of Topliss-reactive ketones (excluding diaryl/α,β-unsaturated/α-hetero) is 1. The second-order valence-electron chi connectivity index (χ2n) is 9.90. The van der Waals surface area contributed by atoms with Crippen LogP contribution >= 0.6 is 11.8 Å². The number of hydrogen-bond acceptors (Lipinski definition) is 7. The third-order valence-corrected chi connectivity index (χ3v) is 6.99. The molecule has 1 saturated carbocycles. The summed E-state index contributed by atoms with van der Waals surface area (Å²) in [4.78, 5) is 41.5. The predicted octanol–water partition coefficient (Wildman–Crippen LogP) is 6.19. The number of esters is 2. The van der Waals surface area contributed by atoms with Crippen molar-refractivity contribution in [3.8, 4) is 0 Å². The van der Waals surface area contributed by atoms with Crippen LogP contribution in [0.3, 0.4) is 0 Å². The minimum Gasteiger partial charge on any atom is -0.465 e. The Balaban J connectivity index is 2.20. The maximum absolute atomic E-state index is 14.6. The molecule has 204 valence electrons. The minimum atomic E-state index is -1.01. The largest absolute Gasteiger partial charge is 0.465 e. The summed E-state index contributed by atoms with van der Waals surface area (Å²) in [5.41, 5.74) is -0.535. The molecule has 3 rings (SSSR count). The highest BCUT2D eigenvalue weighted by Gasteiger charge is 2.38. The lowest BCUT2D eigenvalue weighted by atomic mass is 9.80. The summed E-state index contributed by atoms with van der Waals surface area (Å²) in [5, 5.41) is 0.124. The van der Waals surface area contributed by atoms with Crippen molar-refractivity contribution in [3.63, 3.8) is 0 Å².